The standard InChI is InChI=1S/C27H21F4N7O3/c28-18-9-4-8-17-20(15-6-2-1-3-7-15)33-23(25(40)34-22(17)18)35-24(39)19-21(36-38-10-5-11-41-26(19)38)16-12-32-37(13-16)14-27(29,30)31/h1-4,6-9,12-13,23H,5,10-11,14H2,(H,34,40)(H,35,39)/t23-/m1/s1. The molecule has 2 aromatic heterocycles. The molecule has 0 saturated carbocycles. The molecule has 14 heteroatoms. The Hall–Kier alpha value is -5.01. The molecule has 2 amide bonds. The average Bonchev–Trinajstić information content (AvgIpc) is 3.52. The first-order valence-corrected chi connectivity index (χ1v) is 12.5. The lowest BCUT2D eigenvalue weighted by molar-refractivity contribution is -0.142. The monoisotopic (exact) mass is 567 g/mol. The van der Waals surface area contributed by atoms with Gasteiger partial charge in [-0.25, -0.2) is 14.1 Å². The highest BCUT2D eigenvalue weighted by molar-refractivity contribution is 6.20. The maximum absolute atomic E-state index is 14.8. The number of nitrogens with zero attached hydrogens (tertiary/aromatic N) is 5. The summed E-state index contributed by atoms with van der Waals surface area (Å²) in [4.78, 5) is 31.5. The fourth-order valence-corrected chi connectivity index (χ4v) is 4.71. The Balaban J connectivity index is 1.39. The number of nitrogens with one attached hydrogen (secondary N) is 2. The van der Waals surface area contributed by atoms with E-state index in [1.165, 1.54) is 23.0 Å². The summed E-state index contributed by atoms with van der Waals surface area (Å²) in [6, 6.07) is 13.1. The molecule has 2 aromatic carbocycles. The number of para-hydroxylation sites is 1. The second-order valence-electron chi connectivity index (χ2n) is 9.37. The summed E-state index contributed by atoms with van der Waals surface area (Å²) >= 11 is 0. The van der Waals surface area contributed by atoms with Gasteiger partial charge in [-0.3, -0.25) is 14.3 Å². The van der Waals surface area contributed by atoms with Gasteiger partial charge in [0.15, 0.2) is 0 Å². The molecule has 2 aliphatic rings. The van der Waals surface area contributed by atoms with E-state index in [1.807, 2.05) is 0 Å². The van der Waals surface area contributed by atoms with Crippen molar-refractivity contribution in [3.05, 3.63) is 83.4 Å². The van der Waals surface area contributed by atoms with Crippen LogP contribution >= 0.6 is 0 Å². The predicted octanol–water partition coefficient (Wildman–Crippen LogP) is 3.78. The summed E-state index contributed by atoms with van der Waals surface area (Å²) in [6.07, 6.45) is -3.10. The minimum Gasteiger partial charge on any atom is -0.477 e. The number of amides is 2. The molecule has 0 radical (unpaired) electrons. The number of rotatable bonds is 5. The summed E-state index contributed by atoms with van der Waals surface area (Å²) in [6.45, 7) is -0.635. The Morgan fingerprint density at radius 3 is 2.71 bits per heavy atom. The summed E-state index contributed by atoms with van der Waals surface area (Å²) in [5, 5.41) is 13.2. The number of carbonyl (C=O) groups is 2. The third-order valence-corrected chi connectivity index (χ3v) is 6.47. The number of benzodiazepines with no additional fused rings is 1. The van der Waals surface area contributed by atoms with E-state index in [0.717, 1.165) is 6.20 Å². The molecule has 1 atom stereocenters. The van der Waals surface area contributed by atoms with E-state index < -0.39 is 36.5 Å². The third kappa shape index (κ3) is 5.15. The highest BCUT2D eigenvalue weighted by atomic mass is 19.4. The molecule has 6 rings (SSSR count). The maximum atomic E-state index is 14.8. The van der Waals surface area contributed by atoms with Crippen LogP contribution in [0.4, 0.5) is 23.2 Å². The van der Waals surface area contributed by atoms with Gasteiger partial charge in [0.1, 0.15) is 23.6 Å². The first-order valence-electron chi connectivity index (χ1n) is 12.5. The molecule has 41 heavy (non-hydrogen) atoms. The smallest absolute Gasteiger partial charge is 0.408 e. The molecule has 2 N–H and O–H groups in total. The van der Waals surface area contributed by atoms with Crippen LogP contribution < -0.4 is 15.4 Å². The van der Waals surface area contributed by atoms with Crippen LogP contribution in [-0.4, -0.2) is 56.0 Å². The van der Waals surface area contributed by atoms with Gasteiger partial charge in [-0.1, -0.05) is 42.5 Å². The van der Waals surface area contributed by atoms with E-state index in [0.29, 0.717) is 28.8 Å². The van der Waals surface area contributed by atoms with Gasteiger partial charge < -0.3 is 15.4 Å². The first-order chi connectivity index (χ1) is 19.7. The van der Waals surface area contributed by atoms with E-state index in [9.17, 15) is 27.2 Å². The van der Waals surface area contributed by atoms with Crippen molar-refractivity contribution in [2.45, 2.75) is 31.9 Å². The molecule has 0 spiro atoms. The number of hydrogen-bond donors (Lipinski definition) is 2. The third-order valence-electron chi connectivity index (χ3n) is 6.47. The van der Waals surface area contributed by atoms with Crippen LogP contribution in [0.5, 0.6) is 5.88 Å². The number of carbonyl (C=O) groups excluding carboxylic acids is 2. The SMILES string of the molecule is O=C(N[C@H]1N=C(c2ccccc2)c2cccc(F)c2NC1=O)c1c(-c2cnn(CC(F)(F)F)c2)nn2c1OCCC2. The van der Waals surface area contributed by atoms with Crippen molar-refractivity contribution in [1.82, 2.24) is 24.9 Å². The van der Waals surface area contributed by atoms with Gasteiger partial charge in [0.2, 0.25) is 12.0 Å². The van der Waals surface area contributed by atoms with Crippen molar-refractivity contribution in [2.75, 3.05) is 11.9 Å². The van der Waals surface area contributed by atoms with Crippen LogP contribution in [0.2, 0.25) is 0 Å². The normalized spacial score (nSPS) is 16.5. The predicted molar refractivity (Wildman–Crippen MR) is 138 cm³/mol. The Kier molecular flexibility index (Phi) is 6.52. The second kappa shape index (κ2) is 10.2. The van der Waals surface area contributed by atoms with Crippen molar-refractivity contribution in [2.24, 2.45) is 4.99 Å². The fraction of sp³-hybridized carbons (Fsp3) is 0.222. The summed E-state index contributed by atoms with van der Waals surface area (Å²) in [5.74, 6) is -2.18. The number of aromatic nitrogens is 4. The zero-order valence-corrected chi connectivity index (χ0v) is 21.2. The Morgan fingerprint density at radius 1 is 1.12 bits per heavy atom. The van der Waals surface area contributed by atoms with E-state index in [4.69, 9.17) is 4.74 Å². The molecule has 10 nitrogen and oxygen atoms in total. The van der Waals surface area contributed by atoms with Gasteiger partial charge in [0.25, 0.3) is 11.8 Å². The summed E-state index contributed by atoms with van der Waals surface area (Å²) in [7, 11) is 0. The molecule has 0 saturated heterocycles. The molecule has 0 fully saturated rings. The molecule has 2 aliphatic heterocycles. The Bertz CT molecular complexity index is 1680. The minimum atomic E-state index is -4.50. The lowest BCUT2D eigenvalue weighted by atomic mass is 10.0. The van der Waals surface area contributed by atoms with Crippen LogP contribution in [0.3, 0.4) is 0 Å². The van der Waals surface area contributed by atoms with E-state index >= 15 is 0 Å². The number of fused-ring (bicyclic) bond motifs is 2. The van der Waals surface area contributed by atoms with Gasteiger partial charge in [0, 0.05) is 35.9 Å². The first kappa shape index (κ1) is 26.2. The number of aryl methyl sites for hydroxylation is 1. The van der Waals surface area contributed by atoms with Gasteiger partial charge in [-0.05, 0) is 6.07 Å². The quantitative estimate of drug-likeness (QED) is 0.357. The number of aliphatic imine (C=N–C) groups is 1. The second-order valence-corrected chi connectivity index (χ2v) is 9.37. The average molecular weight is 568 g/mol. The number of alkyl halides is 3. The highest BCUT2D eigenvalue weighted by Crippen LogP contribution is 2.33. The van der Waals surface area contributed by atoms with E-state index in [2.05, 4.69) is 25.8 Å². The number of ether oxygens (including phenoxy) is 1. The maximum Gasteiger partial charge on any atom is 0.408 e. The van der Waals surface area contributed by atoms with Crippen LogP contribution in [-0.2, 0) is 17.9 Å². The molecule has 0 unspecified atom stereocenters. The summed E-state index contributed by atoms with van der Waals surface area (Å²) < 4.78 is 61.4. The lowest BCUT2D eigenvalue weighted by Crippen LogP contribution is -2.42. The van der Waals surface area contributed by atoms with E-state index in [-0.39, 0.29) is 40.7 Å². The lowest BCUT2D eigenvalue weighted by Gasteiger charge is -2.17. The van der Waals surface area contributed by atoms with Crippen molar-refractivity contribution >= 4 is 23.2 Å². The highest BCUT2D eigenvalue weighted by Gasteiger charge is 2.34. The van der Waals surface area contributed by atoms with Gasteiger partial charge >= 0.3 is 6.18 Å². The molecule has 4 heterocycles. The number of hydrogen-bond acceptors (Lipinski definition) is 6. The van der Waals surface area contributed by atoms with Crippen molar-refractivity contribution in [3.63, 3.8) is 0 Å². The molecular formula is C27H21F4N7O3. The molecule has 210 valence electrons. The van der Waals surface area contributed by atoms with Gasteiger partial charge in [-0.15, -0.1) is 0 Å². The zero-order chi connectivity index (χ0) is 28.7. The van der Waals surface area contributed by atoms with Gasteiger partial charge in [-0.2, -0.15) is 23.4 Å². The Morgan fingerprint density at radius 2 is 1.93 bits per heavy atom. The van der Waals surface area contributed by atoms with Crippen LogP contribution in [0.1, 0.15) is 27.9 Å². The van der Waals surface area contributed by atoms with Crippen LogP contribution in [0, 0.1) is 5.82 Å². The van der Waals surface area contributed by atoms with Gasteiger partial charge in [0.05, 0.1) is 24.2 Å². The molecule has 0 aliphatic carbocycles. The minimum absolute atomic E-state index is 0.0310. The molecular weight excluding hydrogens is 546 g/mol. The van der Waals surface area contributed by atoms with Crippen LogP contribution in [0.15, 0.2) is 65.9 Å². The molecule has 0 bridgehead atoms. The number of benzene rings is 2. The Labute approximate surface area is 229 Å². The summed E-state index contributed by atoms with van der Waals surface area (Å²) in [5.41, 5.74) is 1.19. The van der Waals surface area contributed by atoms with E-state index in [1.54, 1.807) is 36.4 Å². The number of anilines is 1. The number of halogens is 4. The fourth-order valence-electron chi connectivity index (χ4n) is 4.71. The van der Waals surface area contributed by atoms with Crippen LogP contribution in [0.25, 0.3) is 11.3 Å². The van der Waals surface area contributed by atoms with Crippen molar-refractivity contribution in [3.8, 4) is 17.1 Å². The zero-order valence-electron chi connectivity index (χ0n) is 21.2. The molecule has 4 aromatic rings. The van der Waals surface area contributed by atoms with Crippen molar-refractivity contribution < 1.29 is 31.9 Å². The van der Waals surface area contributed by atoms with Crippen molar-refractivity contribution in [1.29, 1.82) is 0 Å². The largest absolute Gasteiger partial charge is 0.477 e. The topological polar surface area (TPSA) is 115 Å².